The van der Waals surface area contributed by atoms with Crippen molar-refractivity contribution in [2.75, 3.05) is 13.2 Å². The van der Waals surface area contributed by atoms with E-state index in [1.165, 1.54) is 5.56 Å². The van der Waals surface area contributed by atoms with Crippen LogP contribution in [0.1, 0.15) is 31.5 Å². The number of pyridine rings is 1. The number of nitrogens with zero attached hydrogens (tertiary/aromatic N) is 1. The molecule has 0 bridgehead atoms. The number of hydrogen-bond acceptors (Lipinski definition) is 3. The lowest BCUT2D eigenvalue weighted by molar-refractivity contribution is 0.122. The van der Waals surface area contributed by atoms with E-state index in [-0.39, 0.29) is 0 Å². The van der Waals surface area contributed by atoms with Crippen molar-refractivity contribution in [2.45, 2.75) is 33.4 Å². The van der Waals surface area contributed by atoms with E-state index >= 15 is 0 Å². The molecule has 0 radical (unpaired) electrons. The maximum absolute atomic E-state index is 5.46. The lowest BCUT2D eigenvalue weighted by Gasteiger charge is -2.08. The molecule has 3 heteroatoms. The Morgan fingerprint density at radius 1 is 1.44 bits per heavy atom. The molecule has 0 aromatic carbocycles. The Bertz CT molecular complexity index is 333. The molecule has 1 heterocycles. The molecule has 0 spiro atoms. The van der Waals surface area contributed by atoms with Crippen molar-refractivity contribution in [3.8, 4) is 0 Å². The molecular weight excluding hydrogens is 224 g/mol. The first kappa shape index (κ1) is 14.9. The Morgan fingerprint density at radius 2 is 2.28 bits per heavy atom. The first-order valence-corrected chi connectivity index (χ1v) is 6.55. The average molecular weight is 248 g/mol. The van der Waals surface area contributed by atoms with Crippen molar-refractivity contribution < 1.29 is 4.74 Å². The van der Waals surface area contributed by atoms with E-state index in [0.29, 0.717) is 19.1 Å². The van der Waals surface area contributed by atoms with E-state index in [4.69, 9.17) is 4.74 Å². The summed E-state index contributed by atoms with van der Waals surface area (Å²) in [5.41, 5.74) is 2.19. The van der Waals surface area contributed by atoms with Crippen molar-refractivity contribution in [1.29, 1.82) is 0 Å². The van der Waals surface area contributed by atoms with E-state index < -0.39 is 0 Å². The number of nitrogens with one attached hydrogen (secondary N) is 1. The molecule has 0 saturated carbocycles. The van der Waals surface area contributed by atoms with Crippen molar-refractivity contribution >= 4 is 0 Å². The van der Waals surface area contributed by atoms with Crippen LogP contribution in [0.4, 0.5) is 0 Å². The number of ether oxygens (including phenoxy) is 1. The summed E-state index contributed by atoms with van der Waals surface area (Å²) in [7, 11) is 0. The molecule has 1 aromatic rings. The zero-order valence-electron chi connectivity index (χ0n) is 11.5. The molecule has 0 fully saturated rings. The summed E-state index contributed by atoms with van der Waals surface area (Å²) in [6.45, 7) is 11.3. The number of rotatable bonds is 9. The van der Waals surface area contributed by atoms with Crippen molar-refractivity contribution in [3.63, 3.8) is 0 Å². The Hall–Kier alpha value is -1.19. The zero-order chi connectivity index (χ0) is 13.2. The Labute approximate surface area is 110 Å². The highest BCUT2D eigenvalue weighted by atomic mass is 16.5. The van der Waals surface area contributed by atoms with E-state index in [1.807, 2.05) is 18.3 Å². The lowest BCUT2D eigenvalue weighted by Crippen LogP contribution is -2.19. The van der Waals surface area contributed by atoms with Crippen molar-refractivity contribution in [1.82, 2.24) is 10.3 Å². The second-order valence-electron chi connectivity index (χ2n) is 4.81. The highest BCUT2D eigenvalue weighted by Gasteiger charge is 1.98. The van der Waals surface area contributed by atoms with Crippen LogP contribution < -0.4 is 5.32 Å². The van der Waals surface area contributed by atoms with Gasteiger partial charge in [0.2, 0.25) is 0 Å². The molecule has 1 rings (SSSR count). The van der Waals surface area contributed by atoms with Gasteiger partial charge in [0, 0.05) is 12.7 Å². The molecule has 0 aliphatic rings. The molecule has 0 atom stereocenters. The normalized spacial score (nSPS) is 10.8. The third-order valence-corrected chi connectivity index (χ3v) is 2.48. The van der Waals surface area contributed by atoms with Crippen LogP contribution >= 0.6 is 0 Å². The van der Waals surface area contributed by atoms with Gasteiger partial charge in [-0.15, -0.1) is 6.58 Å². The summed E-state index contributed by atoms with van der Waals surface area (Å²) in [5.74, 6) is 0.676. The molecule has 0 unspecified atom stereocenters. The molecule has 0 saturated heterocycles. The molecule has 100 valence electrons. The van der Waals surface area contributed by atoms with Gasteiger partial charge in [-0.25, -0.2) is 0 Å². The maximum Gasteiger partial charge on any atom is 0.0887 e. The van der Waals surface area contributed by atoms with Crippen LogP contribution in [0.25, 0.3) is 0 Å². The summed E-state index contributed by atoms with van der Waals surface area (Å²) < 4.78 is 5.46. The van der Waals surface area contributed by atoms with Gasteiger partial charge in [-0.2, -0.15) is 0 Å². The largest absolute Gasteiger partial charge is 0.375 e. The summed E-state index contributed by atoms with van der Waals surface area (Å²) in [6, 6.07) is 4.13. The second kappa shape index (κ2) is 8.84. The summed E-state index contributed by atoms with van der Waals surface area (Å²) in [5, 5.41) is 3.40. The first-order chi connectivity index (χ1) is 8.72. The van der Waals surface area contributed by atoms with Crippen LogP contribution in [-0.4, -0.2) is 18.1 Å². The zero-order valence-corrected chi connectivity index (χ0v) is 11.5. The maximum atomic E-state index is 5.46. The molecule has 1 N–H and O–H groups in total. The fourth-order valence-electron chi connectivity index (χ4n) is 1.49. The summed E-state index contributed by atoms with van der Waals surface area (Å²) >= 11 is 0. The fourth-order valence-corrected chi connectivity index (χ4v) is 1.49. The highest BCUT2D eigenvalue weighted by molar-refractivity contribution is 5.13. The van der Waals surface area contributed by atoms with Gasteiger partial charge in [-0.1, -0.05) is 26.0 Å². The molecule has 0 amide bonds. The lowest BCUT2D eigenvalue weighted by atomic mass is 10.2. The van der Waals surface area contributed by atoms with Gasteiger partial charge in [-0.3, -0.25) is 4.98 Å². The second-order valence-corrected chi connectivity index (χ2v) is 4.81. The predicted molar refractivity (Wildman–Crippen MR) is 75.3 cm³/mol. The van der Waals surface area contributed by atoms with Crippen LogP contribution in [0.2, 0.25) is 0 Å². The van der Waals surface area contributed by atoms with Gasteiger partial charge in [0.1, 0.15) is 0 Å². The number of aromatic nitrogens is 1. The highest BCUT2D eigenvalue weighted by Crippen LogP contribution is 2.02. The topological polar surface area (TPSA) is 34.1 Å². The van der Waals surface area contributed by atoms with Crippen molar-refractivity contribution in [3.05, 3.63) is 42.2 Å². The van der Waals surface area contributed by atoms with Gasteiger partial charge in [0.25, 0.3) is 0 Å². The molecule has 0 aliphatic carbocycles. The third-order valence-electron chi connectivity index (χ3n) is 2.48. The molecular formula is C15H24N2O. The minimum atomic E-state index is 0.577. The van der Waals surface area contributed by atoms with Gasteiger partial charge < -0.3 is 10.1 Å². The van der Waals surface area contributed by atoms with Crippen LogP contribution in [0.3, 0.4) is 0 Å². The van der Waals surface area contributed by atoms with Gasteiger partial charge in [-0.05, 0) is 30.5 Å². The standard InChI is InChI=1S/C15H24N2O/c1-4-5-8-18-12-15-7-6-14(11-17-15)10-16-9-13(2)3/h4,6-7,11,13,16H,1,5,8-10,12H2,2-3H3. The van der Waals surface area contributed by atoms with E-state index in [2.05, 4.69) is 36.8 Å². The Kier molecular flexibility index (Phi) is 7.30. The van der Waals surface area contributed by atoms with E-state index in [9.17, 15) is 0 Å². The predicted octanol–water partition coefficient (Wildman–Crippen LogP) is 2.92. The summed E-state index contributed by atoms with van der Waals surface area (Å²) in [6.07, 6.45) is 4.66. The molecule has 18 heavy (non-hydrogen) atoms. The van der Waals surface area contributed by atoms with Gasteiger partial charge in [0.15, 0.2) is 0 Å². The third kappa shape index (κ3) is 6.52. The molecule has 1 aromatic heterocycles. The first-order valence-electron chi connectivity index (χ1n) is 6.55. The van der Waals surface area contributed by atoms with Gasteiger partial charge >= 0.3 is 0 Å². The van der Waals surface area contributed by atoms with Crippen molar-refractivity contribution in [2.24, 2.45) is 5.92 Å². The minimum Gasteiger partial charge on any atom is -0.375 e. The van der Waals surface area contributed by atoms with Crippen LogP contribution in [-0.2, 0) is 17.9 Å². The Morgan fingerprint density at radius 3 is 2.89 bits per heavy atom. The van der Waals surface area contributed by atoms with Gasteiger partial charge in [0.05, 0.1) is 18.9 Å². The van der Waals surface area contributed by atoms with E-state index in [0.717, 1.165) is 25.2 Å². The fraction of sp³-hybridized carbons (Fsp3) is 0.533. The number of hydrogen-bond donors (Lipinski definition) is 1. The smallest absolute Gasteiger partial charge is 0.0887 e. The van der Waals surface area contributed by atoms with Crippen LogP contribution in [0, 0.1) is 5.92 Å². The van der Waals surface area contributed by atoms with Crippen LogP contribution in [0.15, 0.2) is 31.0 Å². The van der Waals surface area contributed by atoms with Crippen LogP contribution in [0.5, 0.6) is 0 Å². The monoisotopic (exact) mass is 248 g/mol. The molecule has 3 nitrogen and oxygen atoms in total. The average Bonchev–Trinajstić information content (AvgIpc) is 2.36. The Balaban J connectivity index is 2.26. The molecule has 0 aliphatic heterocycles. The summed E-state index contributed by atoms with van der Waals surface area (Å²) in [4.78, 5) is 4.38. The quantitative estimate of drug-likeness (QED) is 0.539. The van der Waals surface area contributed by atoms with E-state index in [1.54, 1.807) is 0 Å². The SMILES string of the molecule is C=CCCOCc1ccc(CNCC(C)C)cn1. The minimum absolute atomic E-state index is 0.577.